The minimum absolute atomic E-state index is 0.179. The third-order valence-electron chi connectivity index (χ3n) is 15.8. The van der Waals surface area contributed by atoms with Gasteiger partial charge in [-0.25, -0.2) is 15.0 Å². The van der Waals surface area contributed by atoms with Crippen LogP contribution in [-0.2, 0) is 0 Å². The SMILES string of the molecule is Cc1ccc2nc(C)c3c4cc(Oc5cccc(-c6nc7ccccc7n6-c6c(C(C)C)cc(-c7ccccc7)cc6C(C)C)c5)cc(-c5nc6ccccc6n5-c5c(C(C)C)cc(-c6ccccc6)cc5C(C)C)c4oc3c2n1. The summed E-state index contributed by atoms with van der Waals surface area (Å²) < 4.78 is 19.2. The Morgan fingerprint density at radius 2 is 0.900 bits per heavy atom. The number of furan rings is 1. The molecule has 0 unspecified atom stereocenters. The molecule has 0 amide bonds. The number of aromatic nitrogens is 6. The van der Waals surface area contributed by atoms with Crippen LogP contribution in [0.15, 0.2) is 186 Å². The molecule has 0 spiro atoms. The van der Waals surface area contributed by atoms with Crippen LogP contribution in [0.3, 0.4) is 0 Å². The zero-order valence-electron chi connectivity index (χ0n) is 47.1. The highest BCUT2D eigenvalue weighted by atomic mass is 16.5. The Balaban J connectivity index is 1.04. The number of para-hydroxylation sites is 4. The van der Waals surface area contributed by atoms with E-state index in [4.69, 9.17) is 29.1 Å². The predicted molar refractivity (Wildman–Crippen MR) is 330 cm³/mol. The first-order chi connectivity index (χ1) is 38.8. The fraction of sp³-hybridized carbons (Fsp3) is 0.194. The lowest BCUT2D eigenvalue weighted by atomic mass is 9.88. The topological polar surface area (TPSA) is 83.8 Å². The van der Waals surface area contributed by atoms with Crippen molar-refractivity contribution in [1.29, 1.82) is 0 Å². The second-order valence-corrected chi connectivity index (χ2v) is 22.7. The molecule has 0 saturated carbocycles. The molecule has 0 aliphatic rings. The van der Waals surface area contributed by atoms with Gasteiger partial charge in [-0.1, -0.05) is 152 Å². The summed E-state index contributed by atoms with van der Waals surface area (Å²) in [6.45, 7) is 22.4. The number of ether oxygens (including phenoxy) is 1. The number of hydrogen-bond donors (Lipinski definition) is 0. The molecule has 8 heteroatoms. The van der Waals surface area contributed by atoms with Crippen molar-refractivity contribution in [2.45, 2.75) is 92.9 Å². The van der Waals surface area contributed by atoms with E-state index in [2.05, 4.69) is 235 Å². The van der Waals surface area contributed by atoms with Crippen molar-refractivity contribution in [3.05, 3.63) is 216 Å². The van der Waals surface area contributed by atoms with Crippen LogP contribution in [-0.4, -0.2) is 29.1 Å². The van der Waals surface area contributed by atoms with Gasteiger partial charge in [-0.15, -0.1) is 0 Å². The van der Waals surface area contributed by atoms with Crippen LogP contribution in [0.4, 0.5) is 0 Å². The smallest absolute Gasteiger partial charge is 0.165 e. The second-order valence-electron chi connectivity index (χ2n) is 22.7. The molecule has 0 aliphatic heterocycles. The highest BCUT2D eigenvalue weighted by Crippen LogP contribution is 2.47. The monoisotopic (exact) mass is 1040 g/mol. The van der Waals surface area contributed by atoms with Crippen molar-refractivity contribution in [2.24, 2.45) is 0 Å². The maximum absolute atomic E-state index is 7.24. The van der Waals surface area contributed by atoms with E-state index in [1.807, 2.05) is 25.1 Å². The molecule has 0 saturated heterocycles. The van der Waals surface area contributed by atoms with Crippen LogP contribution in [0.25, 0.3) is 111 Å². The molecule has 5 heterocycles. The number of pyridine rings is 2. The van der Waals surface area contributed by atoms with Crippen LogP contribution in [0.5, 0.6) is 11.5 Å². The standard InChI is InChI=1S/C72H64N6O2/c1-41(2)54-35-50(47-22-13-11-14-23-47)36-55(42(3)4)67(54)77-63-30-19-17-28-60(63)75-71(77)49-26-21-27-52(34-49)79-53-39-58-65-46(10)74-62-33-32-45(9)73-66(62)70(65)80-69(58)59(40-53)72-76-61-29-18-20-31-64(61)78(72)68-56(43(5)6)37-51(38-57(68)44(7)8)48-24-15-12-16-25-48/h11-44H,1-10H3. The molecule has 0 atom stereocenters. The van der Waals surface area contributed by atoms with Gasteiger partial charge >= 0.3 is 0 Å². The molecule has 394 valence electrons. The molecule has 0 radical (unpaired) electrons. The third kappa shape index (κ3) is 8.61. The van der Waals surface area contributed by atoms with Gasteiger partial charge < -0.3 is 9.15 Å². The molecule has 13 rings (SSSR count). The Hall–Kier alpha value is -9.14. The summed E-state index contributed by atoms with van der Waals surface area (Å²) in [6.07, 6.45) is 0. The van der Waals surface area contributed by atoms with E-state index in [1.165, 1.54) is 50.2 Å². The van der Waals surface area contributed by atoms with Crippen molar-refractivity contribution in [1.82, 2.24) is 29.1 Å². The van der Waals surface area contributed by atoms with Gasteiger partial charge in [0.1, 0.15) is 34.2 Å². The molecule has 0 fully saturated rings. The minimum atomic E-state index is 0.179. The van der Waals surface area contributed by atoms with Gasteiger partial charge in [0.05, 0.1) is 49.9 Å². The molecule has 0 N–H and O–H groups in total. The molecule has 5 aromatic heterocycles. The molecule has 0 aliphatic carbocycles. The van der Waals surface area contributed by atoms with Crippen molar-refractivity contribution in [3.8, 4) is 67.9 Å². The third-order valence-corrected chi connectivity index (χ3v) is 15.8. The average molecular weight is 1050 g/mol. The van der Waals surface area contributed by atoms with Crippen molar-refractivity contribution >= 4 is 55.0 Å². The van der Waals surface area contributed by atoms with Crippen LogP contribution >= 0.6 is 0 Å². The van der Waals surface area contributed by atoms with Gasteiger partial charge in [0.25, 0.3) is 0 Å². The number of benzene rings is 8. The first-order valence-corrected chi connectivity index (χ1v) is 28.1. The summed E-state index contributed by atoms with van der Waals surface area (Å²) in [7, 11) is 0. The Kier molecular flexibility index (Phi) is 12.6. The van der Waals surface area contributed by atoms with Gasteiger partial charge in [-0.05, 0) is 167 Å². The molecule has 0 bridgehead atoms. The Morgan fingerprint density at radius 3 is 1.45 bits per heavy atom. The lowest BCUT2D eigenvalue weighted by molar-refractivity contribution is 0.483. The summed E-state index contributed by atoms with van der Waals surface area (Å²) in [5.74, 6) is 3.70. The first-order valence-electron chi connectivity index (χ1n) is 28.1. The van der Waals surface area contributed by atoms with Crippen LogP contribution < -0.4 is 4.74 Å². The molecular formula is C72H64N6O2. The van der Waals surface area contributed by atoms with Gasteiger partial charge in [0.2, 0.25) is 0 Å². The summed E-state index contributed by atoms with van der Waals surface area (Å²) >= 11 is 0. The minimum Gasteiger partial charge on any atom is -0.457 e. The lowest BCUT2D eigenvalue weighted by Gasteiger charge is -2.24. The summed E-state index contributed by atoms with van der Waals surface area (Å²) in [6, 6.07) is 64.5. The van der Waals surface area contributed by atoms with Crippen LogP contribution in [0, 0.1) is 13.8 Å². The van der Waals surface area contributed by atoms with E-state index < -0.39 is 0 Å². The predicted octanol–water partition coefficient (Wildman–Crippen LogP) is 19.8. The van der Waals surface area contributed by atoms with Gasteiger partial charge in [0.15, 0.2) is 5.58 Å². The van der Waals surface area contributed by atoms with Crippen LogP contribution in [0.1, 0.15) is 113 Å². The maximum Gasteiger partial charge on any atom is 0.165 e. The zero-order valence-corrected chi connectivity index (χ0v) is 47.1. The number of fused-ring (bicyclic) bond motifs is 7. The van der Waals surface area contributed by atoms with Crippen molar-refractivity contribution < 1.29 is 9.15 Å². The molecule has 8 nitrogen and oxygen atoms in total. The number of rotatable bonds is 12. The Labute approximate surface area is 467 Å². The highest BCUT2D eigenvalue weighted by Gasteiger charge is 2.29. The molecule has 13 aromatic rings. The first kappa shape index (κ1) is 50.4. The van der Waals surface area contributed by atoms with E-state index >= 15 is 0 Å². The number of nitrogens with zero attached hydrogens (tertiary/aromatic N) is 6. The number of imidazole rings is 2. The maximum atomic E-state index is 7.24. The molecule has 80 heavy (non-hydrogen) atoms. The zero-order chi connectivity index (χ0) is 55.1. The van der Waals surface area contributed by atoms with Crippen molar-refractivity contribution in [2.75, 3.05) is 0 Å². The Bertz CT molecular complexity index is 4480. The Morgan fingerprint density at radius 1 is 0.400 bits per heavy atom. The molecular weight excluding hydrogens is 981 g/mol. The van der Waals surface area contributed by atoms with E-state index in [0.717, 1.165) is 83.7 Å². The molecule has 8 aromatic carbocycles. The van der Waals surface area contributed by atoms with Gasteiger partial charge in [-0.2, -0.15) is 0 Å². The van der Waals surface area contributed by atoms with E-state index in [9.17, 15) is 0 Å². The van der Waals surface area contributed by atoms with E-state index in [0.29, 0.717) is 22.7 Å². The fourth-order valence-corrected chi connectivity index (χ4v) is 11.9. The van der Waals surface area contributed by atoms with Crippen LogP contribution in [0.2, 0.25) is 0 Å². The van der Waals surface area contributed by atoms with E-state index in [-0.39, 0.29) is 23.7 Å². The van der Waals surface area contributed by atoms with Gasteiger partial charge in [0, 0.05) is 22.3 Å². The largest absolute Gasteiger partial charge is 0.457 e. The summed E-state index contributed by atoms with van der Waals surface area (Å²) in [5, 5.41) is 1.76. The van der Waals surface area contributed by atoms with E-state index in [1.54, 1.807) is 0 Å². The highest BCUT2D eigenvalue weighted by molar-refractivity contribution is 6.17. The lowest BCUT2D eigenvalue weighted by Crippen LogP contribution is -2.09. The van der Waals surface area contributed by atoms with Gasteiger partial charge in [-0.3, -0.25) is 14.1 Å². The fourth-order valence-electron chi connectivity index (χ4n) is 11.9. The quantitative estimate of drug-likeness (QED) is 0.121. The second kappa shape index (κ2) is 19.9. The number of hydrogen-bond acceptors (Lipinski definition) is 6. The average Bonchev–Trinajstić information content (AvgIpc) is 4.29. The van der Waals surface area contributed by atoms with Crippen molar-refractivity contribution in [3.63, 3.8) is 0 Å². The number of aryl methyl sites for hydroxylation is 2. The summed E-state index contributed by atoms with van der Waals surface area (Å²) in [4.78, 5) is 21.2. The summed E-state index contributed by atoms with van der Waals surface area (Å²) in [5.41, 5.74) is 22.3. The normalized spacial score (nSPS) is 12.1.